The average Bonchev–Trinajstić information content (AvgIpc) is 2.96. The smallest absolute Gasteiger partial charge is 0.326 e. The highest BCUT2D eigenvalue weighted by Gasteiger charge is 2.39. The van der Waals surface area contributed by atoms with E-state index in [4.69, 9.17) is 16.3 Å². The number of halogens is 1. The van der Waals surface area contributed by atoms with E-state index in [1.807, 2.05) is 63.2 Å². The maximum absolute atomic E-state index is 12.7. The molecule has 130 valence electrons. The van der Waals surface area contributed by atoms with Gasteiger partial charge in [-0.3, -0.25) is 4.79 Å². The predicted octanol–water partition coefficient (Wildman–Crippen LogP) is 5.83. The summed E-state index contributed by atoms with van der Waals surface area (Å²) in [5, 5.41) is 0.654. The number of nitrogens with zero attached hydrogens (tertiary/aromatic N) is 1. The number of hydrogen-bond donors (Lipinski definition) is 0. The van der Waals surface area contributed by atoms with E-state index in [1.165, 1.54) is 11.8 Å². The Labute approximate surface area is 160 Å². The van der Waals surface area contributed by atoms with Crippen molar-refractivity contribution >= 4 is 50.9 Å². The summed E-state index contributed by atoms with van der Waals surface area (Å²) in [4.78, 5) is 17.4. The molecule has 0 amide bonds. The van der Waals surface area contributed by atoms with Crippen LogP contribution in [0.4, 0.5) is 0 Å². The van der Waals surface area contributed by atoms with Crippen LogP contribution in [-0.2, 0) is 14.3 Å². The van der Waals surface area contributed by atoms with E-state index in [0.29, 0.717) is 11.6 Å². The number of aromatic nitrogens is 1. The number of carbonyl (C=O) groups excluding carboxylic acids is 1. The molecule has 1 aromatic heterocycles. The van der Waals surface area contributed by atoms with Gasteiger partial charge in [-0.05, 0) is 44.5 Å². The maximum Gasteiger partial charge on any atom is 0.326 e. The fourth-order valence-corrected chi connectivity index (χ4v) is 5.13. The van der Waals surface area contributed by atoms with Crippen molar-refractivity contribution in [3.8, 4) is 0 Å². The number of carbonyl (C=O) groups is 1. The third-order valence-electron chi connectivity index (χ3n) is 3.89. The van der Waals surface area contributed by atoms with Crippen LogP contribution < -0.4 is 0 Å². The molecule has 1 heterocycles. The van der Waals surface area contributed by atoms with Crippen molar-refractivity contribution in [2.75, 3.05) is 6.61 Å². The lowest BCUT2D eigenvalue weighted by molar-refractivity contribution is -0.145. The van der Waals surface area contributed by atoms with Gasteiger partial charge in [-0.25, -0.2) is 4.98 Å². The highest BCUT2D eigenvalue weighted by atomic mass is 35.5. The van der Waals surface area contributed by atoms with Crippen LogP contribution in [0.2, 0.25) is 5.02 Å². The minimum Gasteiger partial charge on any atom is -0.465 e. The summed E-state index contributed by atoms with van der Waals surface area (Å²) in [6.07, 6.45) is 0. The second-order valence-corrected chi connectivity index (χ2v) is 8.95. The molecular weight excluding hydrogens is 374 g/mol. The largest absolute Gasteiger partial charge is 0.465 e. The summed E-state index contributed by atoms with van der Waals surface area (Å²) in [5.74, 6) is -0.263. The predicted molar refractivity (Wildman–Crippen MR) is 106 cm³/mol. The number of thioether (sulfide) groups is 1. The van der Waals surface area contributed by atoms with Crippen LogP contribution in [0.25, 0.3) is 10.2 Å². The molecule has 0 saturated carbocycles. The molecule has 1 atom stereocenters. The minimum atomic E-state index is -0.860. The number of ether oxygens (including phenoxy) is 1. The summed E-state index contributed by atoms with van der Waals surface area (Å²) in [7, 11) is 0. The zero-order chi connectivity index (χ0) is 18.0. The van der Waals surface area contributed by atoms with Gasteiger partial charge in [0.05, 0.1) is 16.8 Å². The van der Waals surface area contributed by atoms with Gasteiger partial charge in [0.1, 0.15) is 4.75 Å². The van der Waals surface area contributed by atoms with E-state index in [-0.39, 0.29) is 5.97 Å². The van der Waals surface area contributed by atoms with Gasteiger partial charge in [0.15, 0.2) is 4.34 Å². The van der Waals surface area contributed by atoms with Crippen molar-refractivity contribution in [2.24, 2.45) is 0 Å². The molecule has 3 aromatic rings. The van der Waals surface area contributed by atoms with Crippen molar-refractivity contribution in [2.45, 2.75) is 29.9 Å². The van der Waals surface area contributed by atoms with Crippen LogP contribution in [0.1, 0.15) is 25.0 Å². The van der Waals surface area contributed by atoms with E-state index in [0.717, 1.165) is 25.7 Å². The molecule has 25 heavy (non-hydrogen) atoms. The van der Waals surface area contributed by atoms with Gasteiger partial charge in [-0.15, -0.1) is 11.3 Å². The average molecular weight is 392 g/mol. The van der Waals surface area contributed by atoms with Gasteiger partial charge in [-0.1, -0.05) is 53.2 Å². The monoisotopic (exact) mass is 391 g/mol. The van der Waals surface area contributed by atoms with Crippen molar-refractivity contribution < 1.29 is 9.53 Å². The Balaban J connectivity index is 2.01. The first-order valence-corrected chi connectivity index (χ1v) is 9.93. The van der Waals surface area contributed by atoms with Gasteiger partial charge in [0, 0.05) is 5.02 Å². The Morgan fingerprint density at radius 2 is 2.00 bits per heavy atom. The molecule has 3 rings (SSSR count). The number of esters is 1. The summed E-state index contributed by atoms with van der Waals surface area (Å²) in [6, 6.07) is 13.6. The van der Waals surface area contributed by atoms with Crippen molar-refractivity contribution in [3.05, 3.63) is 58.6 Å². The quantitative estimate of drug-likeness (QED) is 0.405. The Morgan fingerprint density at radius 1 is 1.28 bits per heavy atom. The van der Waals surface area contributed by atoms with Crippen LogP contribution in [0, 0.1) is 6.92 Å². The summed E-state index contributed by atoms with van der Waals surface area (Å²) < 4.78 is 6.35. The number of benzene rings is 2. The molecule has 0 aliphatic carbocycles. The zero-order valence-corrected chi connectivity index (χ0v) is 16.6. The van der Waals surface area contributed by atoms with Gasteiger partial charge >= 0.3 is 5.97 Å². The summed E-state index contributed by atoms with van der Waals surface area (Å²) >= 11 is 9.02. The van der Waals surface area contributed by atoms with Crippen molar-refractivity contribution in [1.82, 2.24) is 4.98 Å². The number of hydrogen-bond acceptors (Lipinski definition) is 5. The van der Waals surface area contributed by atoms with Gasteiger partial charge < -0.3 is 4.74 Å². The lowest BCUT2D eigenvalue weighted by atomic mass is 9.99. The van der Waals surface area contributed by atoms with Crippen LogP contribution >= 0.6 is 34.7 Å². The molecule has 0 saturated heterocycles. The molecule has 1 unspecified atom stereocenters. The molecular formula is C19H18ClNO2S2. The number of thiazole rings is 1. The molecule has 6 heteroatoms. The first-order chi connectivity index (χ1) is 11.9. The third-order valence-corrected chi connectivity index (χ3v) is 6.53. The molecule has 0 N–H and O–H groups in total. The topological polar surface area (TPSA) is 39.2 Å². The molecule has 0 fully saturated rings. The molecule has 0 radical (unpaired) electrons. The normalized spacial score (nSPS) is 13.6. The van der Waals surface area contributed by atoms with E-state index in [1.54, 1.807) is 11.3 Å². The molecule has 0 aliphatic heterocycles. The van der Waals surface area contributed by atoms with Gasteiger partial charge in [-0.2, -0.15) is 0 Å². The first kappa shape index (κ1) is 18.2. The van der Waals surface area contributed by atoms with E-state index < -0.39 is 4.75 Å². The zero-order valence-electron chi connectivity index (χ0n) is 14.2. The molecule has 0 bridgehead atoms. The van der Waals surface area contributed by atoms with Gasteiger partial charge in [0.2, 0.25) is 0 Å². The first-order valence-electron chi connectivity index (χ1n) is 7.92. The van der Waals surface area contributed by atoms with Crippen LogP contribution in [0.15, 0.2) is 46.8 Å². The van der Waals surface area contributed by atoms with E-state index in [2.05, 4.69) is 4.98 Å². The number of rotatable bonds is 5. The second kappa shape index (κ2) is 7.36. The Morgan fingerprint density at radius 3 is 2.68 bits per heavy atom. The van der Waals surface area contributed by atoms with Crippen LogP contribution in [0.5, 0.6) is 0 Å². The Bertz CT molecular complexity index is 907. The number of aryl methyl sites for hydroxylation is 1. The summed E-state index contributed by atoms with van der Waals surface area (Å²) in [5.41, 5.74) is 2.89. The molecule has 2 aromatic carbocycles. The maximum atomic E-state index is 12.7. The minimum absolute atomic E-state index is 0.263. The second-order valence-electron chi connectivity index (χ2n) is 5.81. The fraction of sp³-hybridized carbons (Fsp3) is 0.263. The van der Waals surface area contributed by atoms with Crippen LogP contribution in [-0.4, -0.2) is 17.6 Å². The van der Waals surface area contributed by atoms with E-state index >= 15 is 0 Å². The van der Waals surface area contributed by atoms with Crippen molar-refractivity contribution in [3.63, 3.8) is 0 Å². The highest BCUT2D eigenvalue weighted by Crippen LogP contribution is 2.45. The SMILES string of the molecule is CCOC(=O)C(C)(Sc1nc2cc(Cl)ccc2s1)c1ccc(C)cc1. The Kier molecular flexibility index (Phi) is 5.37. The van der Waals surface area contributed by atoms with Crippen LogP contribution in [0.3, 0.4) is 0 Å². The Hall–Kier alpha value is -1.56. The molecule has 3 nitrogen and oxygen atoms in total. The van der Waals surface area contributed by atoms with Crippen molar-refractivity contribution in [1.29, 1.82) is 0 Å². The highest BCUT2D eigenvalue weighted by molar-refractivity contribution is 8.02. The fourth-order valence-electron chi connectivity index (χ4n) is 2.46. The lowest BCUT2D eigenvalue weighted by Crippen LogP contribution is -2.31. The number of fused-ring (bicyclic) bond motifs is 1. The van der Waals surface area contributed by atoms with Gasteiger partial charge in [0.25, 0.3) is 0 Å². The lowest BCUT2D eigenvalue weighted by Gasteiger charge is -2.26. The molecule has 0 spiro atoms. The summed E-state index contributed by atoms with van der Waals surface area (Å²) in [6.45, 7) is 6.07. The molecule has 0 aliphatic rings. The van der Waals surface area contributed by atoms with E-state index in [9.17, 15) is 4.79 Å². The third kappa shape index (κ3) is 3.84. The standard InChI is InChI=1S/C19H18ClNO2S2/c1-4-23-17(22)19(3,13-7-5-12(2)6-8-13)25-18-21-15-11-14(20)9-10-16(15)24-18/h5-11H,4H2,1-3H3.